The molecule has 3 unspecified atom stereocenters. The summed E-state index contributed by atoms with van der Waals surface area (Å²) >= 11 is 0. The van der Waals surface area contributed by atoms with Gasteiger partial charge in [0.2, 0.25) is 0 Å². The van der Waals surface area contributed by atoms with Crippen molar-refractivity contribution in [3.05, 3.63) is 0 Å². The number of aliphatic hydroxyl groups is 4. The van der Waals surface area contributed by atoms with Crippen molar-refractivity contribution in [2.45, 2.75) is 12.2 Å². The maximum atomic E-state index is 10.7. The van der Waals surface area contributed by atoms with Crippen molar-refractivity contribution in [3.63, 3.8) is 0 Å². The number of hydrogen-bond acceptors (Lipinski definition) is 10. The Morgan fingerprint density at radius 1 is 0.708 bits per heavy atom. The topological polar surface area (TPSA) is 261 Å². The third-order valence-corrected chi connectivity index (χ3v) is 4.13. The minimum absolute atomic E-state index is 0.569. The molecular weight excluding hydrogens is 405 g/mol. The second-order valence-electron chi connectivity index (χ2n) is 3.80. The van der Waals surface area contributed by atoms with Gasteiger partial charge in [-0.1, -0.05) is 0 Å². The summed E-state index contributed by atoms with van der Waals surface area (Å²) in [4.78, 5) is 41.0. The molecule has 0 amide bonds. The zero-order chi connectivity index (χ0) is 19.6. The van der Waals surface area contributed by atoms with Crippen LogP contribution in [-0.2, 0) is 27.1 Å². The highest BCUT2D eigenvalue weighted by atomic mass is 31.3. The molecule has 3 atom stereocenters. The van der Waals surface area contributed by atoms with Gasteiger partial charge < -0.3 is 44.9 Å². The molecule has 0 aromatic heterocycles. The van der Waals surface area contributed by atoms with E-state index in [-0.39, 0.29) is 0 Å². The molecule has 0 spiro atoms. The smallest absolute Gasteiger partial charge is 0.394 e. The lowest BCUT2D eigenvalue weighted by Crippen LogP contribution is -2.18. The fourth-order valence-corrected chi connectivity index (χ4v) is 2.62. The van der Waals surface area contributed by atoms with Crippen LogP contribution in [0.2, 0.25) is 0 Å². The van der Waals surface area contributed by atoms with Crippen LogP contribution in [-0.4, -0.2) is 83.5 Å². The van der Waals surface area contributed by atoms with E-state index in [9.17, 15) is 13.7 Å². The van der Waals surface area contributed by atoms with Gasteiger partial charge in [-0.15, -0.1) is 0 Å². The molecule has 0 saturated carbocycles. The Bertz CT molecular complexity index is 468. The highest BCUT2D eigenvalue weighted by Crippen LogP contribution is 2.57. The van der Waals surface area contributed by atoms with Crippen LogP contribution in [0, 0.1) is 0 Å². The number of phosphoric acid groups is 3. The second kappa shape index (κ2) is 11.8. The third kappa shape index (κ3) is 20.3. The summed E-state index contributed by atoms with van der Waals surface area (Å²) in [7, 11) is -14.6. The molecule has 0 heterocycles. The van der Waals surface area contributed by atoms with E-state index in [1.54, 1.807) is 0 Å². The number of aliphatic hydroxyl groups excluding tert-OH is 4. The molecule has 0 saturated heterocycles. The molecule has 148 valence electrons. The van der Waals surface area contributed by atoms with Gasteiger partial charge in [0.15, 0.2) is 0 Å². The van der Waals surface area contributed by atoms with Gasteiger partial charge in [0, 0.05) is 0 Å². The molecule has 0 rings (SSSR count). The monoisotopic (exact) mass is 424 g/mol. The quantitative estimate of drug-likeness (QED) is 0.158. The third-order valence-electron chi connectivity index (χ3n) is 1.50. The molecule has 0 aromatic carbocycles. The summed E-state index contributed by atoms with van der Waals surface area (Å²) in [6.07, 6.45) is -2.68. The molecule has 0 aromatic rings. The summed E-state index contributed by atoms with van der Waals surface area (Å²) < 4.78 is 41.9. The summed E-state index contributed by atoms with van der Waals surface area (Å²) in [5.41, 5.74) is 0. The van der Waals surface area contributed by atoms with E-state index in [1.807, 2.05) is 0 Å². The summed E-state index contributed by atoms with van der Waals surface area (Å²) in [6.45, 7) is -2.67. The van der Waals surface area contributed by atoms with Gasteiger partial charge in [0.25, 0.3) is 0 Å². The van der Waals surface area contributed by atoms with Crippen LogP contribution >= 0.6 is 23.5 Å². The van der Waals surface area contributed by atoms with Crippen molar-refractivity contribution < 1.29 is 71.9 Å². The van der Waals surface area contributed by atoms with E-state index in [0.717, 1.165) is 0 Å². The van der Waals surface area contributed by atoms with Gasteiger partial charge in [-0.05, 0) is 0 Å². The molecule has 9 N–H and O–H groups in total. The minimum atomic E-state index is -5.14. The maximum absolute atomic E-state index is 10.7. The van der Waals surface area contributed by atoms with Gasteiger partial charge in [0.1, 0.15) is 12.2 Å². The minimum Gasteiger partial charge on any atom is -0.394 e. The Morgan fingerprint density at radius 2 is 1.08 bits per heavy atom. The average molecular weight is 424 g/mol. The van der Waals surface area contributed by atoms with Crippen LogP contribution in [0.3, 0.4) is 0 Å². The van der Waals surface area contributed by atoms with E-state index in [4.69, 9.17) is 44.9 Å². The second-order valence-corrected chi connectivity index (χ2v) is 7.86. The molecule has 18 heteroatoms. The molecule has 15 nitrogen and oxygen atoms in total. The molecule has 0 bridgehead atoms. The first-order valence-corrected chi connectivity index (χ1v) is 10.2. The number of phosphoric ester groups is 2. The van der Waals surface area contributed by atoms with Crippen LogP contribution in [0.25, 0.3) is 0 Å². The molecule has 0 aliphatic carbocycles. The van der Waals surface area contributed by atoms with Crippen molar-refractivity contribution in [2.24, 2.45) is 0 Å². The van der Waals surface area contributed by atoms with E-state index in [0.29, 0.717) is 0 Å². The Kier molecular flexibility index (Phi) is 12.9. The fourth-order valence-electron chi connectivity index (χ4n) is 0.627. The van der Waals surface area contributed by atoms with Crippen LogP contribution in [0.4, 0.5) is 0 Å². The predicted molar refractivity (Wildman–Crippen MR) is 73.1 cm³/mol. The molecule has 24 heavy (non-hydrogen) atoms. The van der Waals surface area contributed by atoms with Crippen molar-refractivity contribution in [3.8, 4) is 0 Å². The highest BCUT2D eigenvalue weighted by Gasteiger charge is 2.32. The number of hydrogen-bond donors (Lipinski definition) is 9. The van der Waals surface area contributed by atoms with E-state index in [1.165, 1.54) is 0 Å². The van der Waals surface area contributed by atoms with E-state index >= 15 is 0 Å². The fraction of sp³-hybridized carbons (Fsp3) is 1.00. The molecular formula is C6H19O15P3. The molecule has 0 radical (unpaired) electrons. The van der Waals surface area contributed by atoms with Crippen LogP contribution in [0.1, 0.15) is 0 Å². The Hall–Kier alpha value is 0.210. The molecule has 0 aliphatic rings. The lowest BCUT2D eigenvalue weighted by molar-refractivity contribution is 0.0415. The van der Waals surface area contributed by atoms with Crippen molar-refractivity contribution in [1.29, 1.82) is 0 Å². The SMILES string of the molecule is O=P(O)(O)OCC(O)CO.O=P(O)(O)OP(=O)(O)OCC(O)CO. The summed E-state index contributed by atoms with van der Waals surface area (Å²) in [5, 5.41) is 33.6. The average Bonchev–Trinajstić information content (AvgIpc) is 2.39. The van der Waals surface area contributed by atoms with Gasteiger partial charge in [-0.2, -0.15) is 4.31 Å². The van der Waals surface area contributed by atoms with E-state index in [2.05, 4.69) is 13.4 Å². The summed E-state index contributed by atoms with van der Waals surface area (Å²) in [6, 6.07) is 0. The zero-order valence-electron chi connectivity index (χ0n) is 11.8. The van der Waals surface area contributed by atoms with Gasteiger partial charge >= 0.3 is 23.5 Å². The van der Waals surface area contributed by atoms with Crippen molar-refractivity contribution in [1.82, 2.24) is 0 Å². The lowest BCUT2D eigenvalue weighted by atomic mass is 10.4. The predicted octanol–water partition coefficient (Wildman–Crippen LogP) is -2.99. The zero-order valence-corrected chi connectivity index (χ0v) is 14.5. The normalized spacial score (nSPS) is 17.4. The largest absolute Gasteiger partial charge is 0.481 e. The van der Waals surface area contributed by atoms with Gasteiger partial charge in [-0.3, -0.25) is 9.05 Å². The van der Waals surface area contributed by atoms with Crippen LogP contribution in [0.15, 0.2) is 0 Å². The Balaban J connectivity index is 0. The first-order chi connectivity index (χ1) is 10.6. The Morgan fingerprint density at radius 3 is 1.38 bits per heavy atom. The van der Waals surface area contributed by atoms with Crippen molar-refractivity contribution in [2.75, 3.05) is 26.4 Å². The molecule has 0 aliphatic heterocycles. The van der Waals surface area contributed by atoms with E-state index < -0.39 is 62.1 Å². The maximum Gasteiger partial charge on any atom is 0.481 e. The first kappa shape index (κ1) is 26.4. The van der Waals surface area contributed by atoms with Gasteiger partial charge in [0.05, 0.1) is 26.4 Å². The Labute approximate surface area is 135 Å². The summed E-state index contributed by atoms with van der Waals surface area (Å²) in [5.74, 6) is 0. The van der Waals surface area contributed by atoms with Crippen LogP contribution in [0.5, 0.6) is 0 Å². The van der Waals surface area contributed by atoms with Crippen LogP contribution < -0.4 is 0 Å². The number of rotatable bonds is 10. The highest BCUT2D eigenvalue weighted by molar-refractivity contribution is 7.60. The first-order valence-electron chi connectivity index (χ1n) is 5.64. The lowest BCUT2D eigenvalue weighted by Gasteiger charge is -2.13. The molecule has 0 fully saturated rings. The van der Waals surface area contributed by atoms with Gasteiger partial charge in [-0.25, -0.2) is 13.7 Å². The standard InChI is InChI=1S/C3H10O9P2.C3H9O6P/c4-1-3(5)2-11-14(9,10)12-13(6,7)8;4-1-3(5)2-9-10(6,7)8/h3-5H,1-2H2,(H,9,10)(H2,6,7,8);3-5H,1-2H2,(H2,6,7,8). The van der Waals surface area contributed by atoms with Crippen molar-refractivity contribution >= 4 is 23.5 Å².